The van der Waals surface area contributed by atoms with E-state index in [2.05, 4.69) is 39.8 Å². The van der Waals surface area contributed by atoms with Gasteiger partial charge in [-0.15, -0.1) is 10.2 Å². The fourth-order valence-electron chi connectivity index (χ4n) is 2.29. The van der Waals surface area contributed by atoms with Gasteiger partial charge in [-0.3, -0.25) is 0 Å². The second kappa shape index (κ2) is 7.00. The number of nitrogens with one attached hydrogen (secondary N) is 1. The van der Waals surface area contributed by atoms with Crippen LogP contribution in [0.15, 0.2) is 59.0 Å². The van der Waals surface area contributed by atoms with Gasteiger partial charge in [0.1, 0.15) is 0 Å². The molecule has 0 aliphatic carbocycles. The molecule has 0 radical (unpaired) electrons. The van der Waals surface area contributed by atoms with Crippen molar-refractivity contribution in [3.8, 4) is 11.5 Å². The molecule has 22 heavy (non-hydrogen) atoms. The molecule has 3 rings (SSSR count). The Labute approximate surface area is 130 Å². The Morgan fingerprint density at radius 2 is 1.86 bits per heavy atom. The van der Waals surface area contributed by atoms with Gasteiger partial charge in [-0.25, -0.2) is 0 Å². The fourth-order valence-corrected chi connectivity index (χ4v) is 2.29. The van der Waals surface area contributed by atoms with Gasteiger partial charge in [0, 0.05) is 5.56 Å². The van der Waals surface area contributed by atoms with Gasteiger partial charge in [0.05, 0.1) is 6.54 Å². The lowest BCUT2D eigenvalue weighted by atomic mass is 10.1. The molecule has 0 aliphatic rings. The molecule has 0 unspecified atom stereocenters. The molecule has 1 heterocycles. The van der Waals surface area contributed by atoms with E-state index in [0.29, 0.717) is 18.3 Å². The van der Waals surface area contributed by atoms with Crippen molar-refractivity contribution in [2.45, 2.75) is 19.9 Å². The van der Waals surface area contributed by atoms with Crippen molar-refractivity contribution >= 4 is 0 Å². The third-order valence-electron chi connectivity index (χ3n) is 3.44. The van der Waals surface area contributed by atoms with Gasteiger partial charge in [0.15, 0.2) is 0 Å². The average molecular weight is 293 g/mol. The number of rotatable bonds is 6. The molecule has 1 N–H and O–H groups in total. The predicted molar refractivity (Wildman–Crippen MR) is 86.3 cm³/mol. The van der Waals surface area contributed by atoms with Gasteiger partial charge < -0.3 is 9.73 Å². The van der Waals surface area contributed by atoms with E-state index >= 15 is 0 Å². The van der Waals surface area contributed by atoms with Gasteiger partial charge in [-0.05, 0) is 37.6 Å². The van der Waals surface area contributed by atoms with Gasteiger partial charge >= 0.3 is 0 Å². The lowest BCUT2D eigenvalue weighted by Crippen LogP contribution is -2.16. The van der Waals surface area contributed by atoms with E-state index in [1.165, 1.54) is 11.1 Å². The summed E-state index contributed by atoms with van der Waals surface area (Å²) in [4.78, 5) is 0. The smallest absolute Gasteiger partial charge is 0.247 e. The highest BCUT2D eigenvalue weighted by Gasteiger charge is 2.08. The number of hydrogen-bond donors (Lipinski definition) is 1. The zero-order valence-electron chi connectivity index (χ0n) is 12.6. The largest absolute Gasteiger partial charge is 0.419 e. The predicted octanol–water partition coefficient (Wildman–Crippen LogP) is 3.38. The fraction of sp³-hybridized carbons (Fsp3) is 0.222. The zero-order valence-corrected chi connectivity index (χ0v) is 12.6. The zero-order chi connectivity index (χ0) is 15.2. The monoisotopic (exact) mass is 293 g/mol. The van der Waals surface area contributed by atoms with Crippen molar-refractivity contribution in [2.75, 3.05) is 6.54 Å². The summed E-state index contributed by atoms with van der Waals surface area (Å²) in [6, 6.07) is 18.5. The van der Waals surface area contributed by atoms with Gasteiger partial charge in [0.2, 0.25) is 11.8 Å². The molecular formula is C18H19N3O. The average Bonchev–Trinajstić information content (AvgIpc) is 3.02. The number of aryl methyl sites for hydroxylation is 1. The molecule has 112 valence electrons. The highest BCUT2D eigenvalue weighted by molar-refractivity contribution is 5.53. The first-order valence-corrected chi connectivity index (χ1v) is 7.45. The molecule has 1 aromatic heterocycles. The van der Waals surface area contributed by atoms with Gasteiger partial charge in [-0.2, -0.15) is 0 Å². The number of aromatic nitrogens is 2. The highest BCUT2D eigenvalue weighted by atomic mass is 16.4. The standard InChI is InChI=1S/C18H19N3O/c1-14-6-5-9-16(12-14)18-21-20-17(22-18)13-19-11-10-15-7-3-2-4-8-15/h2-9,12,19H,10-11,13H2,1H3. The lowest BCUT2D eigenvalue weighted by molar-refractivity contribution is 0.478. The van der Waals surface area contributed by atoms with E-state index in [-0.39, 0.29) is 0 Å². The van der Waals surface area contributed by atoms with Crippen molar-refractivity contribution in [1.29, 1.82) is 0 Å². The molecular weight excluding hydrogens is 274 g/mol. The maximum absolute atomic E-state index is 5.69. The summed E-state index contributed by atoms with van der Waals surface area (Å²) in [7, 11) is 0. The highest BCUT2D eigenvalue weighted by Crippen LogP contribution is 2.18. The van der Waals surface area contributed by atoms with Crippen LogP contribution in [0.25, 0.3) is 11.5 Å². The van der Waals surface area contributed by atoms with Crippen molar-refractivity contribution in [3.05, 3.63) is 71.6 Å². The van der Waals surface area contributed by atoms with Crippen LogP contribution in [0.5, 0.6) is 0 Å². The molecule has 4 heteroatoms. The summed E-state index contributed by atoms with van der Waals surface area (Å²) in [5.74, 6) is 1.19. The summed E-state index contributed by atoms with van der Waals surface area (Å²) in [5, 5.41) is 11.5. The first-order valence-electron chi connectivity index (χ1n) is 7.45. The summed E-state index contributed by atoms with van der Waals surface area (Å²) in [5.41, 5.74) is 3.46. The van der Waals surface area contributed by atoms with Crippen LogP contribution in [-0.2, 0) is 13.0 Å². The normalized spacial score (nSPS) is 10.8. The summed E-state index contributed by atoms with van der Waals surface area (Å²) < 4.78 is 5.69. The van der Waals surface area contributed by atoms with E-state index < -0.39 is 0 Å². The van der Waals surface area contributed by atoms with Crippen LogP contribution < -0.4 is 5.32 Å². The van der Waals surface area contributed by atoms with Gasteiger partial charge in [-0.1, -0.05) is 48.0 Å². The SMILES string of the molecule is Cc1cccc(-c2nnc(CNCCc3ccccc3)o2)c1. The van der Waals surface area contributed by atoms with Crippen LogP contribution in [-0.4, -0.2) is 16.7 Å². The molecule has 2 aromatic carbocycles. The minimum atomic E-state index is 0.573. The van der Waals surface area contributed by atoms with E-state index in [0.717, 1.165) is 18.5 Å². The van der Waals surface area contributed by atoms with Crippen LogP contribution in [0.1, 0.15) is 17.0 Å². The Morgan fingerprint density at radius 3 is 2.68 bits per heavy atom. The second-order valence-corrected chi connectivity index (χ2v) is 5.28. The molecule has 0 amide bonds. The Balaban J connectivity index is 1.52. The van der Waals surface area contributed by atoms with Crippen LogP contribution >= 0.6 is 0 Å². The minimum Gasteiger partial charge on any atom is -0.419 e. The summed E-state index contributed by atoms with van der Waals surface area (Å²) in [6.07, 6.45) is 0.986. The molecule has 0 fully saturated rings. The molecule has 0 spiro atoms. The van der Waals surface area contributed by atoms with Gasteiger partial charge in [0.25, 0.3) is 0 Å². The van der Waals surface area contributed by atoms with E-state index in [9.17, 15) is 0 Å². The first-order chi connectivity index (χ1) is 10.8. The maximum atomic E-state index is 5.69. The minimum absolute atomic E-state index is 0.573. The van der Waals surface area contributed by atoms with E-state index in [4.69, 9.17) is 4.42 Å². The summed E-state index contributed by atoms with van der Waals surface area (Å²) in [6.45, 7) is 3.52. The third kappa shape index (κ3) is 3.80. The molecule has 0 saturated heterocycles. The molecule has 3 aromatic rings. The first kappa shape index (κ1) is 14.5. The third-order valence-corrected chi connectivity index (χ3v) is 3.44. The molecule has 0 aliphatic heterocycles. The molecule has 0 atom stereocenters. The van der Waals surface area contributed by atoms with Crippen LogP contribution in [0.3, 0.4) is 0 Å². The summed E-state index contributed by atoms with van der Waals surface area (Å²) >= 11 is 0. The second-order valence-electron chi connectivity index (χ2n) is 5.28. The molecule has 0 saturated carbocycles. The number of benzene rings is 2. The maximum Gasteiger partial charge on any atom is 0.247 e. The number of hydrogen-bond acceptors (Lipinski definition) is 4. The molecule has 4 nitrogen and oxygen atoms in total. The van der Waals surface area contributed by atoms with Crippen LogP contribution in [0, 0.1) is 6.92 Å². The Morgan fingerprint density at radius 1 is 1.00 bits per heavy atom. The van der Waals surface area contributed by atoms with Crippen LogP contribution in [0.4, 0.5) is 0 Å². The van der Waals surface area contributed by atoms with Crippen molar-refractivity contribution in [3.63, 3.8) is 0 Å². The Hall–Kier alpha value is -2.46. The lowest BCUT2D eigenvalue weighted by Gasteiger charge is -2.02. The van der Waals surface area contributed by atoms with Crippen molar-refractivity contribution < 1.29 is 4.42 Å². The molecule has 0 bridgehead atoms. The quantitative estimate of drug-likeness (QED) is 0.708. The Bertz CT molecular complexity index is 722. The van der Waals surface area contributed by atoms with E-state index in [1.54, 1.807) is 0 Å². The van der Waals surface area contributed by atoms with Crippen LogP contribution in [0.2, 0.25) is 0 Å². The Kier molecular flexibility index (Phi) is 4.61. The van der Waals surface area contributed by atoms with E-state index in [1.807, 2.05) is 37.3 Å². The van der Waals surface area contributed by atoms with Crippen molar-refractivity contribution in [1.82, 2.24) is 15.5 Å². The number of nitrogens with zero attached hydrogens (tertiary/aromatic N) is 2. The van der Waals surface area contributed by atoms with Crippen molar-refractivity contribution in [2.24, 2.45) is 0 Å². The topological polar surface area (TPSA) is 51.0 Å².